The monoisotopic (exact) mass is 330 g/mol. The van der Waals surface area contributed by atoms with E-state index in [1.807, 2.05) is 36.4 Å². The first-order chi connectivity index (χ1) is 9.24. The Balaban J connectivity index is 2.38. The molecule has 0 bridgehead atoms. The molecule has 3 heteroatoms. The van der Waals surface area contributed by atoms with Crippen molar-refractivity contribution in [3.8, 4) is 0 Å². The summed E-state index contributed by atoms with van der Waals surface area (Å²) in [5, 5.41) is 5.24. The number of furan rings is 1. The Bertz CT molecular complexity index is 940. The molecule has 1 aromatic heterocycles. The summed E-state index contributed by atoms with van der Waals surface area (Å²) >= 11 is 9.72. The van der Waals surface area contributed by atoms with Gasteiger partial charge in [-0.25, -0.2) is 0 Å². The summed E-state index contributed by atoms with van der Waals surface area (Å²) in [6, 6.07) is 16.1. The van der Waals surface area contributed by atoms with Crippen molar-refractivity contribution in [2.75, 3.05) is 0 Å². The summed E-state index contributed by atoms with van der Waals surface area (Å²) in [7, 11) is 0. The van der Waals surface area contributed by atoms with E-state index in [4.69, 9.17) is 16.0 Å². The molecule has 0 spiro atoms. The van der Waals surface area contributed by atoms with Crippen molar-refractivity contribution in [1.29, 1.82) is 0 Å². The number of halogens is 2. The van der Waals surface area contributed by atoms with E-state index < -0.39 is 0 Å². The number of hydrogen-bond acceptors (Lipinski definition) is 1. The van der Waals surface area contributed by atoms with Gasteiger partial charge in [-0.3, -0.25) is 0 Å². The van der Waals surface area contributed by atoms with Gasteiger partial charge in [-0.05, 0) is 51.0 Å². The van der Waals surface area contributed by atoms with Gasteiger partial charge in [-0.2, -0.15) is 0 Å². The van der Waals surface area contributed by atoms with Crippen molar-refractivity contribution in [3.05, 3.63) is 58.0 Å². The van der Waals surface area contributed by atoms with Gasteiger partial charge in [0.05, 0.1) is 4.47 Å². The molecule has 0 saturated heterocycles. The van der Waals surface area contributed by atoms with Crippen molar-refractivity contribution >= 4 is 60.2 Å². The molecule has 0 radical (unpaired) electrons. The van der Waals surface area contributed by atoms with Gasteiger partial charge in [0.25, 0.3) is 0 Å². The molecule has 0 aliphatic heterocycles. The van der Waals surface area contributed by atoms with Crippen molar-refractivity contribution in [2.24, 2.45) is 0 Å². The van der Waals surface area contributed by atoms with E-state index in [1.165, 1.54) is 0 Å². The molecule has 0 atom stereocenters. The highest BCUT2D eigenvalue weighted by atomic mass is 79.9. The zero-order chi connectivity index (χ0) is 13.0. The molecule has 0 fully saturated rings. The predicted molar refractivity (Wildman–Crippen MR) is 83.9 cm³/mol. The second-order valence-corrected chi connectivity index (χ2v) is 5.82. The minimum atomic E-state index is 0.737. The Morgan fingerprint density at radius 3 is 2.68 bits per heavy atom. The van der Waals surface area contributed by atoms with Gasteiger partial charge < -0.3 is 4.42 Å². The Hall–Kier alpha value is -1.51. The van der Waals surface area contributed by atoms with Crippen LogP contribution in [0.1, 0.15) is 0 Å². The van der Waals surface area contributed by atoms with Crippen molar-refractivity contribution < 1.29 is 4.42 Å². The maximum atomic E-state index is 6.13. The van der Waals surface area contributed by atoms with Crippen LogP contribution in [-0.4, -0.2) is 0 Å². The third-order valence-corrected chi connectivity index (χ3v) is 4.20. The molecule has 0 aliphatic rings. The number of benzene rings is 3. The van der Waals surface area contributed by atoms with Crippen LogP contribution in [0.25, 0.3) is 32.7 Å². The molecule has 19 heavy (non-hydrogen) atoms. The summed E-state index contributed by atoms with van der Waals surface area (Å²) in [6.07, 6.45) is 0. The first-order valence-corrected chi connectivity index (χ1v) is 7.10. The van der Waals surface area contributed by atoms with Crippen LogP contribution in [0.5, 0.6) is 0 Å². The maximum Gasteiger partial charge on any atom is 0.150 e. The third-order valence-electron chi connectivity index (χ3n) is 3.38. The fourth-order valence-electron chi connectivity index (χ4n) is 2.55. The number of hydrogen-bond donors (Lipinski definition) is 0. The third kappa shape index (κ3) is 1.60. The van der Waals surface area contributed by atoms with Crippen LogP contribution in [0.4, 0.5) is 0 Å². The lowest BCUT2D eigenvalue weighted by Crippen LogP contribution is -1.77. The maximum absolute atomic E-state index is 6.13. The van der Waals surface area contributed by atoms with Gasteiger partial charge in [0.15, 0.2) is 0 Å². The van der Waals surface area contributed by atoms with E-state index in [0.717, 1.165) is 42.2 Å². The van der Waals surface area contributed by atoms with Crippen LogP contribution in [0.3, 0.4) is 0 Å². The highest BCUT2D eigenvalue weighted by Crippen LogP contribution is 2.39. The largest absolute Gasteiger partial charge is 0.455 e. The summed E-state index contributed by atoms with van der Waals surface area (Å²) in [5.41, 5.74) is 1.77. The van der Waals surface area contributed by atoms with Gasteiger partial charge in [-0.1, -0.05) is 35.9 Å². The Morgan fingerprint density at radius 2 is 1.79 bits per heavy atom. The lowest BCUT2D eigenvalue weighted by Gasteiger charge is -2.02. The molecule has 4 aromatic rings. The van der Waals surface area contributed by atoms with E-state index in [0.29, 0.717) is 0 Å². The average molecular weight is 332 g/mol. The van der Waals surface area contributed by atoms with E-state index >= 15 is 0 Å². The fourth-order valence-corrected chi connectivity index (χ4v) is 3.25. The van der Waals surface area contributed by atoms with Gasteiger partial charge in [0.1, 0.15) is 11.2 Å². The Kier molecular flexibility index (Phi) is 2.38. The number of rotatable bonds is 0. The van der Waals surface area contributed by atoms with E-state index in [1.54, 1.807) is 0 Å². The first-order valence-electron chi connectivity index (χ1n) is 5.93. The summed E-state index contributed by atoms with van der Waals surface area (Å²) < 4.78 is 6.91. The molecule has 0 unspecified atom stereocenters. The molecular weight excluding hydrogens is 324 g/mol. The van der Waals surface area contributed by atoms with Gasteiger partial charge in [-0.15, -0.1) is 0 Å². The zero-order valence-electron chi connectivity index (χ0n) is 9.78. The Labute approximate surface area is 122 Å². The van der Waals surface area contributed by atoms with Crippen LogP contribution in [-0.2, 0) is 0 Å². The SMILES string of the molecule is Clc1ccc2cc(Br)c3oc4ccccc4c3c2c1. The summed E-state index contributed by atoms with van der Waals surface area (Å²) in [5.74, 6) is 0. The minimum Gasteiger partial charge on any atom is -0.455 e. The van der Waals surface area contributed by atoms with E-state index in [2.05, 4.69) is 28.1 Å². The molecule has 3 aromatic carbocycles. The van der Waals surface area contributed by atoms with Gasteiger partial charge in [0.2, 0.25) is 0 Å². The zero-order valence-corrected chi connectivity index (χ0v) is 12.1. The standard InChI is InChI=1S/C16H8BrClO/c17-13-7-9-5-6-10(18)8-12(9)15-11-3-1-2-4-14(11)19-16(13)15/h1-8H. The van der Waals surface area contributed by atoms with E-state index in [9.17, 15) is 0 Å². The molecule has 0 amide bonds. The van der Waals surface area contributed by atoms with Gasteiger partial charge >= 0.3 is 0 Å². The van der Waals surface area contributed by atoms with Crippen LogP contribution < -0.4 is 0 Å². The minimum absolute atomic E-state index is 0.737. The van der Waals surface area contributed by atoms with E-state index in [-0.39, 0.29) is 0 Å². The quantitative estimate of drug-likeness (QED) is 0.376. The highest BCUT2D eigenvalue weighted by Gasteiger charge is 2.13. The number of para-hydroxylation sites is 1. The molecule has 4 rings (SSSR count). The van der Waals surface area contributed by atoms with Crippen molar-refractivity contribution in [2.45, 2.75) is 0 Å². The highest BCUT2D eigenvalue weighted by molar-refractivity contribution is 9.10. The average Bonchev–Trinajstić information content (AvgIpc) is 2.80. The second kappa shape index (κ2) is 3.99. The lowest BCUT2D eigenvalue weighted by atomic mass is 10.0. The Morgan fingerprint density at radius 1 is 0.947 bits per heavy atom. The molecular formula is C16H8BrClO. The van der Waals surface area contributed by atoms with Gasteiger partial charge in [0, 0.05) is 15.8 Å². The normalized spacial score (nSPS) is 11.7. The predicted octanol–water partition coefficient (Wildman–Crippen LogP) is 6.16. The molecule has 92 valence electrons. The molecule has 1 heterocycles. The van der Waals surface area contributed by atoms with Crippen LogP contribution in [0.2, 0.25) is 5.02 Å². The first kappa shape index (κ1) is 11.3. The molecule has 1 nitrogen and oxygen atoms in total. The lowest BCUT2D eigenvalue weighted by molar-refractivity contribution is 0.667. The molecule has 0 aliphatic carbocycles. The van der Waals surface area contributed by atoms with Crippen LogP contribution in [0, 0.1) is 0 Å². The van der Waals surface area contributed by atoms with Crippen molar-refractivity contribution in [1.82, 2.24) is 0 Å². The van der Waals surface area contributed by atoms with Crippen molar-refractivity contribution in [3.63, 3.8) is 0 Å². The molecule has 0 saturated carbocycles. The summed E-state index contributed by atoms with van der Waals surface area (Å²) in [4.78, 5) is 0. The second-order valence-electron chi connectivity index (χ2n) is 4.53. The van der Waals surface area contributed by atoms with Crippen LogP contribution in [0.15, 0.2) is 57.4 Å². The summed E-state index contributed by atoms with van der Waals surface area (Å²) in [6.45, 7) is 0. The van der Waals surface area contributed by atoms with Crippen LogP contribution >= 0.6 is 27.5 Å². The topological polar surface area (TPSA) is 13.1 Å². The fraction of sp³-hybridized carbons (Fsp3) is 0. The smallest absolute Gasteiger partial charge is 0.150 e. The number of fused-ring (bicyclic) bond motifs is 5. The molecule has 0 N–H and O–H groups in total.